The average Bonchev–Trinajstić information content (AvgIpc) is 3.36. The first-order valence-corrected chi connectivity index (χ1v) is 11.1. The number of aryl methyl sites for hydroxylation is 1. The molecular weight excluding hydrogens is 467 g/mol. The Bertz CT molecular complexity index is 1720. The lowest BCUT2D eigenvalue weighted by atomic mass is 10.1. The Morgan fingerprint density at radius 3 is 2.66 bits per heavy atom. The number of nitrogens with one attached hydrogen (secondary N) is 2. The van der Waals surface area contributed by atoms with Crippen LogP contribution in [-0.2, 0) is 0 Å². The van der Waals surface area contributed by atoms with E-state index in [0.717, 1.165) is 11.1 Å². The van der Waals surface area contributed by atoms with Crippen molar-refractivity contribution in [2.75, 3.05) is 5.32 Å². The molecule has 2 heterocycles. The van der Waals surface area contributed by atoms with Crippen molar-refractivity contribution in [3.05, 3.63) is 105 Å². The second kappa shape index (κ2) is 8.73. The molecule has 0 atom stereocenters. The third-order valence-electron chi connectivity index (χ3n) is 5.85. The van der Waals surface area contributed by atoms with Gasteiger partial charge < -0.3 is 10.3 Å². The highest BCUT2D eigenvalue weighted by Crippen LogP contribution is 2.20. The number of amides is 1. The van der Waals surface area contributed by atoms with Crippen LogP contribution in [-0.4, -0.2) is 30.2 Å². The van der Waals surface area contributed by atoms with Gasteiger partial charge in [-0.25, -0.2) is 14.1 Å². The zero-order valence-electron chi connectivity index (χ0n) is 18.7. The molecule has 0 aliphatic rings. The number of fused-ring (bicyclic) bond motifs is 1. The Balaban J connectivity index is 1.48. The lowest BCUT2D eigenvalue weighted by molar-refractivity contribution is 0.102. The van der Waals surface area contributed by atoms with E-state index < -0.39 is 11.7 Å². The molecule has 0 unspecified atom stereocenters. The molecule has 0 saturated carbocycles. The molecule has 0 spiro atoms. The maximum atomic E-state index is 14.5. The number of anilines is 1. The third-order valence-corrected chi connectivity index (χ3v) is 6.13. The number of hydrogen-bond acceptors (Lipinski definition) is 5. The number of carbonyl (C=O) groups excluding carboxylic acids is 1. The van der Waals surface area contributed by atoms with Crippen molar-refractivity contribution in [1.82, 2.24) is 24.3 Å². The van der Waals surface area contributed by atoms with Crippen molar-refractivity contribution >= 4 is 34.7 Å². The Morgan fingerprint density at radius 2 is 1.91 bits per heavy atom. The third kappa shape index (κ3) is 4.04. The van der Waals surface area contributed by atoms with E-state index in [9.17, 15) is 14.0 Å². The molecule has 0 aliphatic heterocycles. The Labute approximate surface area is 203 Å². The summed E-state index contributed by atoms with van der Waals surface area (Å²) in [5.74, 6) is -1.03. The molecule has 174 valence electrons. The fourth-order valence-electron chi connectivity index (χ4n) is 3.86. The molecule has 35 heavy (non-hydrogen) atoms. The van der Waals surface area contributed by atoms with Crippen molar-refractivity contribution in [2.45, 2.75) is 13.8 Å². The van der Waals surface area contributed by atoms with E-state index in [2.05, 4.69) is 20.4 Å². The van der Waals surface area contributed by atoms with Crippen LogP contribution in [0.1, 0.15) is 21.5 Å². The van der Waals surface area contributed by atoms with Gasteiger partial charge in [0, 0.05) is 11.3 Å². The molecule has 0 radical (unpaired) electrons. The predicted molar refractivity (Wildman–Crippen MR) is 133 cm³/mol. The summed E-state index contributed by atoms with van der Waals surface area (Å²) in [5, 5.41) is 6.96. The first-order valence-electron chi connectivity index (χ1n) is 10.6. The monoisotopic (exact) mass is 486 g/mol. The predicted octanol–water partition coefficient (Wildman–Crippen LogP) is 4.64. The number of aromatic amines is 1. The number of halogens is 1. The molecule has 0 bridgehead atoms. The molecule has 8 nitrogen and oxygen atoms in total. The van der Waals surface area contributed by atoms with Gasteiger partial charge in [-0.05, 0) is 79.7 Å². The molecule has 0 fully saturated rings. The van der Waals surface area contributed by atoms with Crippen molar-refractivity contribution in [3.8, 4) is 11.4 Å². The molecule has 0 saturated heterocycles. The smallest absolute Gasteiger partial charge is 0.266 e. The van der Waals surface area contributed by atoms with Crippen LogP contribution in [0.15, 0.2) is 72.0 Å². The fraction of sp³-hybridized carbons (Fsp3) is 0.0800. The van der Waals surface area contributed by atoms with Crippen molar-refractivity contribution in [3.63, 3.8) is 0 Å². The minimum Gasteiger partial charge on any atom is -0.331 e. The maximum absolute atomic E-state index is 14.5. The van der Waals surface area contributed by atoms with Crippen LogP contribution in [0.25, 0.3) is 22.3 Å². The van der Waals surface area contributed by atoms with Crippen LogP contribution in [0.5, 0.6) is 0 Å². The highest BCUT2D eigenvalue weighted by molar-refractivity contribution is 7.71. The van der Waals surface area contributed by atoms with Crippen LogP contribution in [0.4, 0.5) is 10.1 Å². The second-order valence-electron chi connectivity index (χ2n) is 8.01. The Hall–Kier alpha value is -4.44. The largest absolute Gasteiger partial charge is 0.331 e. The number of nitrogens with zero attached hydrogens (tertiary/aromatic N) is 4. The Morgan fingerprint density at radius 1 is 1.09 bits per heavy atom. The highest BCUT2D eigenvalue weighted by Gasteiger charge is 2.14. The number of rotatable bonds is 4. The number of H-pyrrole nitrogens is 1. The molecular formula is C25H19FN6O2S. The summed E-state index contributed by atoms with van der Waals surface area (Å²) < 4.78 is 17.5. The summed E-state index contributed by atoms with van der Waals surface area (Å²) in [5.41, 5.74) is 3.61. The summed E-state index contributed by atoms with van der Waals surface area (Å²) in [4.78, 5) is 33.0. The van der Waals surface area contributed by atoms with Crippen LogP contribution in [0.3, 0.4) is 0 Å². The number of carbonyl (C=O) groups is 1. The van der Waals surface area contributed by atoms with Gasteiger partial charge in [-0.1, -0.05) is 12.1 Å². The molecule has 1 amide bonds. The summed E-state index contributed by atoms with van der Waals surface area (Å²) in [7, 11) is 0. The molecule has 5 aromatic rings. The molecule has 5 rings (SSSR count). The van der Waals surface area contributed by atoms with Gasteiger partial charge in [0.15, 0.2) is 10.6 Å². The van der Waals surface area contributed by atoms with E-state index >= 15 is 0 Å². The van der Waals surface area contributed by atoms with E-state index in [1.54, 1.807) is 24.3 Å². The van der Waals surface area contributed by atoms with Gasteiger partial charge in [-0.3, -0.25) is 14.2 Å². The minimum absolute atomic E-state index is 0.207. The molecule has 0 aliphatic carbocycles. The van der Waals surface area contributed by atoms with Gasteiger partial charge in [0.25, 0.3) is 11.5 Å². The highest BCUT2D eigenvalue weighted by atomic mass is 32.1. The summed E-state index contributed by atoms with van der Waals surface area (Å²) in [6.45, 7) is 3.90. The lowest BCUT2D eigenvalue weighted by Gasteiger charge is -2.13. The number of aromatic nitrogens is 5. The summed E-state index contributed by atoms with van der Waals surface area (Å²) in [6.07, 6.45) is 2.68. The van der Waals surface area contributed by atoms with E-state index in [1.165, 1.54) is 34.0 Å². The molecule has 3 aromatic carbocycles. The first kappa shape index (κ1) is 22.4. The van der Waals surface area contributed by atoms with Crippen LogP contribution in [0.2, 0.25) is 0 Å². The van der Waals surface area contributed by atoms with Crippen LogP contribution in [0, 0.1) is 24.4 Å². The standard InChI is InChI=1S/C25H19FN6O2S/c1-14-4-3-5-21(15(14)2)32-24(34)18-8-6-16(10-20(18)30-25(32)35)23(33)29-17-7-9-22(19(26)11-17)31-13-27-12-28-31/h3-13H,1-2H3,(H,29,33)(H,30,35). The van der Waals surface area contributed by atoms with E-state index in [1.807, 2.05) is 32.0 Å². The van der Waals surface area contributed by atoms with Gasteiger partial charge in [0.1, 0.15) is 18.3 Å². The zero-order valence-corrected chi connectivity index (χ0v) is 19.6. The van der Waals surface area contributed by atoms with Gasteiger partial charge in [0.05, 0.1) is 16.6 Å². The topological polar surface area (TPSA) is 97.6 Å². The first-order chi connectivity index (χ1) is 16.8. The lowest BCUT2D eigenvalue weighted by Crippen LogP contribution is -2.22. The zero-order chi connectivity index (χ0) is 24.7. The van der Waals surface area contributed by atoms with Crippen molar-refractivity contribution in [1.29, 1.82) is 0 Å². The van der Waals surface area contributed by atoms with Gasteiger partial charge in [-0.15, -0.1) is 0 Å². The minimum atomic E-state index is -0.567. The second-order valence-corrected chi connectivity index (χ2v) is 8.40. The molecule has 10 heteroatoms. The van der Waals surface area contributed by atoms with Gasteiger partial charge >= 0.3 is 0 Å². The number of benzene rings is 3. The molecule has 2 aromatic heterocycles. The van der Waals surface area contributed by atoms with Crippen molar-refractivity contribution in [2.24, 2.45) is 0 Å². The maximum Gasteiger partial charge on any atom is 0.266 e. The van der Waals surface area contributed by atoms with Crippen molar-refractivity contribution < 1.29 is 9.18 Å². The number of hydrogen-bond donors (Lipinski definition) is 2. The summed E-state index contributed by atoms with van der Waals surface area (Å²) in [6, 6.07) is 14.6. The van der Waals surface area contributed by atoms with Crippen LogP contribution < -0.4 is 10.9 Å². The fourth-order valence-corrected chi connectivity index (χ4v) is 4.15. The average molecular weight is 487 g/mol. The quantitative estimate of drug-likeness (QED) is 0.361. The SMILES string of the molecule is Cc1cccc(-n2c(=S)[nH]c3cc(C(=O)Nc4ccc(-n5cncn5)c(F)c4)ccc3c2=O)c1C. The Kier molecular flexibility index (Phi) is 5.58. The van der Waals surface area contributed by atoms with E-state index in [0.29, 0.717) is 16.6 Å². The molecule has 2 N–H and O–H groups in total. The summed E-state index contributed by atoms with van der Waals surface area (Å²) >= 11 is 5.48. The van der Waals surface area contributed by atoms with E-state index in [-0.39, 0.29) is 27.3 Å². The van der Waals surface area contributed by atoms with E-state index in [4.69, 9.17) is 12.2 Å². The van der Waals surface area contributed by atoms with Crippen LogP contribution >= 0.6 is 12.2 Å². The van der Waals surface area contributed by atoms with Gasteiger partial charge in [0.2, 0.25) is 0 Å². The van der Waals surface area contributed by atoms with Gasteiger partial charge in [-0.2, -0.15) is 5.10 Å². The normalized spacial score (nSPS) is 11.1.